The molecule has 31 heavy (non-hydrogen) atoms. The van der Waals surface area contributed by atoms with Crippen molar-refractivity contribution in [3.8, 4) is 11.6 Å². The summed E-state index contributed by atoms with van der Waals surface area (Å²) in [6, 6.07) is 8.03. The fourth-order valence-electron chi connectivity index (χ4n) is 2.89. The van der Waals surface area contributed by atoms with Crippen molar-refractivity contribution in [2.75, 3.05) is 13.2 Å². The number of pyridine rings is 1. The van der Waals surface area contributed by atoms with E-state index in [4.69, 9.17) is 32.7 Å². The van der Waals surface area contributed by atoms with Gasteiger partial charge in [-0.15, -0.1) is 0 Å². The van der Waals surface area contributed by atoms with Gasteiger partial charge in [0.2, 0.25) is 5.88 Å². The van der Waals surface area contributed by atoms with Crippen molar-refractivity contribution in [2.45, 2.75) is 25.0 Å². The lowest BCUT2D eigenvalue weighted by atomic mass is 9.98. The molecule has 1 aromatic heterocycles. The fourth-order valence-corrected chi connectivity index (χ4v) is 3.18. The van der Waals surface area contributed by atoms with Crippen LogP contribution < -0.4 is 20.1 Å². The number of aromatic nitrogens is 1. The first-order valence-electron chi connectivity index (χ1n) is 9.45. The normalized spacial score (nSPS) is 17.1. The molecule has 0 aliphatic carbocycles. The SMILES string of the molecule is C=C(CCNC(=O)COc1ccc(Cl)cn1)NC(=O)[C@H]1C[C@@H](O)c2cc(Cl)ccc2O1. The second kappa shape index (κ2) is 10.5. The van der Waals surface area contributed by atoms with Crippen LogP contribution in [0.4, 0.5) is 0 Å². The van der Waals surface area contributed by atoms with Gasteiger partial charge in [0.1, 0.15) is 5.75 Å². The van der Waals surface area contributed by atoms with Crippen LogP contribution in [0.5, 0.6) is 11.6 Å². The van der Waals surface area contributed by atoms with Crippen LogP contribution in [0.1, 0.15) is 24.5 Å². The highest BCUT2D eigenvalue weighted by Gasteiger charge is 2.32. The lowest BCUT2D eigenvalue weighted by Gasteiger charge is -2.29. The minimum atomic E-state index is -0.865. The van der Waals surface area contributed by atoms with Crippen LogP contribution in [-0.4, -0.2) is 41.2 Å². The number of carbonyl (C=O) groups is 2. The summed E-state index contributed by atoms with van der Waals surface area (Å²) in [6.07, 6.45) is 0.109. The predicted molar refractivity (Wildman–Crippen MR) is 115 cm³/mol. The molecule has 164 valence electrons. The zero-order valence-electron chi connectivity index (χ0n) is 16.4. The number of aliphatic hydroxyl groups excluding tert-OH is 1. The van der Waals surface area contributed by atoms with Crippen molar-refractivity contribution in [3.63, 3.8) is 0 Å². The Morgan fingerprint density at radius 2 is 2.03 bits per heavy atom. The number of rotatable bonds is 8. The third-order valence-corrected chi connectivity index (χ3v) is 4.89. The zero-order chi connectivity index (χ0) is 22.4. The van der Waals surface area contributed by atoms with Crippen LogP contribution in [0, 0.1) is 0 Å². The van der Waals surface area contributed by atoms with Gasteiger partial charge >= 0.3 is 0 Å². The molecule has 3 rings (SSSR count). The van der Waals surface area contributed by atoms with Crippen LogP contribution in [0.3, 0.4) is 0 Å². The molecule has 3 N–H and O–H groups in total. The van der Waals surface area contributed by atoms with Gasteiger partial charge in [0, 0.05) is 47.9 Å². The minimum absolute atomic E-state index is 0.0965. The van der Waals surface area contributed by atoms with Gasteiger partial charge in [-0.25, -0.2) is 4.98 Å². The van der Waals surface area contributed by atoms with Crippen LogP contribution in [0.2, 0.25) is 10.0 Å². The number of ether oxygens (including phenoxy) is 2. The highest BCUT2D eigenvalue weighted by Crippen LogP contribution is 2.36. The van der Waals surface area contributed by atoms with Crippen molar-refractivity contribution in [1.29, 1.82) is 0 Å². The van der Waals surface area contributed by atoms with E-state index in [2.05, 4.69) is 22.2 Å². The Kier molecular flexibility index (Phi) is 7.73. The second-order valence-electron chi connectivity index (χ2n) is 6.84. The van der Waals surface area contributed by atoms with Gasteiger partial charge in [0.15, 0.2) is 12.7 Å². The van der Waals surface area contributed by atoms with E-state index in [-0.39, 0.29) is 31.4 Å². The number of benzene rings is 1. The van der Waals surface area contributed by atoms with Gasteiger partial charge in [-0.1, -0.05) is 29.8 Å². The summed E-state index contributed by atoms with van der Waals surface area (Å²) in [5.41, 5.74) is 0.958. The highest BCUT2D eigenvalue weighted by molar-refractivity contribution is 6.30. The summed E-state index contributed by atoms with van der Waals surface area (Å²) in [6.45, 7) is 3.84. The van der Waals surface area contributed by atoms with Gasteiger partial charge in [-0.05, 0) is 24.3 Å². The molecule has 2 atom stereocenters. The Balaban J connectivity index is 1.38. The first-order valence-corrected chi connectivity index (χ1v) is 10.2. The summed E-state index contributed by atoms with van der Waals surface area (Å²) >= 11 is 11.7. The molecule has 0 bridgehead atoms. The van der Waals surface area contributed by atoms with E-state index in [0.717, 1.165) is 0 Å². The molecule has 1 aliphatic heterocycles. The number of aliphatic hydroxyl groups is 1. The molecule has 0 unspecified atom stereocenters. The number of hydrogen-bond acceptors (Lipinski definition) is 6. The molecule has 1 aromatic carbocycles. The molecule has 0 radical (unpaired) electrons. The Morgan fingerprint density at radius 3 is 2.77 bits per heavy atom. The molecule has 0 spiro atoms. The Hall–Kier alpha value is -2.81. The standard InChI is InChI=1S/C21H21Cl2N3O5/c1-12(6-7-24-19(28)11-30-20-5-3-14(23)10-25-20)26-21(29)18-9-16(27)15-8-13(22)2-4-17(15)31-18/h2-5,8,10,16,18,27H,1,6-7,9,11H2,(H,24,28)(H,26,29)/t16-,18-/m1/s1. The van der Waals surface area contributed by atoms with Crippen LogP contribution in [0.15, 0.2) is 48.8 Å². The maximum atomic E-state index is 12.5. The summed E-state index contributed by atoms with van der Waals surface area (Å²) in [7, 11) is 0. The molecule has 2 heterocycles. The quantitative estimate of drug-likeness (QED) is 0.552. The van der Waals surface area contributed by atoms with Gasteiger partial charge in [-0.3, -0.25) is 9.59 Å². The Labute approximate surface area is 189 Å². The number of nitrogens with zero attached hydrogens (tertiary/aromatic N) is 1. The van der Waals surface area contributed by atoms with Crippen molar-refractivity contribution in [2.24, 2.45) is 0 Å². The number of hydrogen-bond donors (Lipinski definition) is 3. The van der Waals surface area contributed by atoms with E-state index in [1.54, 1.807) is 30.3 Å². The topological polar surface area (TPSA) is 110 Å². The third kappa shape index (κ3) is 6.58. The van der Waals surface area contributed by atoms with Crippen molar-refractivity contribution >= 4 is 35.0 Å². The minimum Gasteiger partial charge on any atom is -0.480 e. The van der Waals surface area contributed by atoms with E-state index in [1.165, 1.54) is 6.20 Å². The molecule has 0 fully saturated rings. The summed E-state index contributed by atoms with van der Waals surface area (Å²) in [5.74, 6) is -0.0657. The smallest absolute Gasteiger partial charge is 0.265 e. The molecular weight excluding hydrogens is 445 g/mol. The molecule has 8 nitrogen and oxygen atoms in total. The number of amides is 2. The fraction of sp³-hybridized carbons (Fsp3) is 0.286. The molecule has 10 heteroatoms. The summed E-state index contributed by atoms with van der Waals surface area (Å²) in [5, 5.41) is 16.5. The first-order chi connectivity index (χ1) is 14.8. The molecule has 2 aromatic rings. The summed E-state index contributed by atoms with van der Waals surface area (Å²) in [4.78, 5) is 28.2. The largest absolute Gasteiger partial charge is 0.480 e. The molecule has 2 amide bonds. The van der Waals surface area contributed by atoms with E-state index >= 15 is 0 Å². The number of carbonyl (C=O) groups excluding carboxylic acids is 2. The van der Waals surface area contributed by atoms with E-state index in [0.29, 0.717) is 33.5 Å². The monoisotopic (exact) mass is 465 g/mol. The van der Waals surface area contributed by atoms with Crippen LogP contribution >= 0.6 is 23.2 Å². The van der Waals surface area contributed by atoms with Crippen molar-refractivity contribution in [3.05, 3.63) is 64.4 Å². The second-order valence-corrected chi connectivity index (χ2v) is 7.71. The van der Waals surface area contributed by atoms with Gasteiger partial charge < -0.3 is 25.2 Å². The Morgan fingerprint density at radius 1 is 1.26 bits per heavy atom. The maximum Gasteiger partial charge on any atom is 0.265 e. The molecule has 0 saturated carbocycles. The molecule has 1 aliphatic rings. The van der Waals surface area contributed by atoms with Crippen molar-refractivity contribution in [1.82, 2.24) is 15.6 Å². The van der Waals surface area contributed by atoms with Crippen LogP contribution in [-0.2, 0) is 9.59 Å². The lowest BCUT2D eigenvalue weighted by molar-refractivity contribution is -0.129. The van der Waals surface area contributed by atoms with Crippen LogP contribution in [0.25, 0.3) is 0 Å². The first kappa shape index (κ1) is 22.9. The van der Waals surface area contributed by atoms with E-state index in [9.17, 15) is 14.7 Å². The van der Waals surface area contributed by atoms with Crippen molar-refractivity contribution < 1.29 is 24.2 Å². The predicted octanol–water partition coefficient (Wildman–Crippen LogP) is 2.79. The van der Waals surface area contributed by atoms with E-state index in [1.807, 2.05) is 0 Å². The number of fused-ring (bicyclic) bond motifs is 1. The van der Waals surface area contributed by atoms with E-state index < -0.39 is 18.1 Å². The average Bonchev–Trinajstić information content (AvgIpc) is 2.73. The molecule has 0 saturated heterocycles. The van der Waals surface area contributed by atoms with Gasteiger partial charge in [0.05, 0.1) is 11.1 Å². The summed E-state index contributed by atoms with van der Waals surface area (Å²) < 4.78 is 10.9. The third-order valence-electron chi connectivity index (χ3n) is 4.43. The van der Waals surface area contributed by atoms with Gasteiger partial charge in [0.25, 0.3) is 11.8 Å². The maximum absolute atomic E-state index is 12.5. The highest BCUT2D eigenvalue weighted by atomic mass is 35.5. The zero-order valence-corrected chi connectivity index (χ0v) is 17.9. The lowest BCUT2D eigenvalue weighted by Crippen LogP contribution is -2.41. The average molecular weight is 466 g/mol. The number of nitrogens with one attached hydrogen (secondary N) is 2. The molecular formula is C21H21Cl2N3O5. The Bertz CT molecular complexity index is 968. The number of halogens is 2. The van der Waals surface area contributed by atoms with Gasteiger partial charge in [-0.2, -0.15) is 0 Å².